The van der Waals surface area contributed by atoms with E-state index in [-0.39, 0.29) is 0 Å². The van der Waals surface area contributed by atoms with Crippen LogP contribution in [-0.2, 0) is 17.7 Å². The normalized spacial score (nSPS) is 13.6. The number of rotatable bonds is 14. The molecule has 0 spiro atoms. The molecule has 1 unspecified atom stereocenters. The quantitative estimate of drug-likeness (QED) is 0.229. The van der Waals surface area contributed by atoms with Gasteiger partial charge in [0.25, 0.3) is 0 Å². The summed E-state index contributed by atoms with van der Waals surface area (Å²) in [5.41, 5.74) is 0. The van der Waals surface area contributed by atoms with Crippen LogP contribution in [0.4, 0.5) is 0 Å². The van der Waals surface area contributed by atoms with Gasteiger partial charge in [-0.2, -0.15) is 22.4 Å². The molecule has 0 rings (SSSR count). The van der Waals surface area contributed by atoms with Gasteiger partial charge in [-0.05, 0) is 43.0 Å². The summed E-state index contributed by atoms with van der Waals surface area (Å²) in [5.74, 6) is 2.41. The van der Waals surface area contributed by atoms with E-state index < -0.39 is 23.2 Å². The fourth-order valence-corrected chi connectivity index (χ4v) is 13.7. The first kappa shape index (κ1) is 24.6. The Kier molecular flexibility index (Phi) is 12.9. The van der Waals surface area contributed by atoms with Gasteiger partial charge in [0.15, 0.2) is 6.37 Å². The Hall–Kier alpha value is 1.62. The second kappa shape index (κ2) is 12.1. The molecule has 0 saturated carbocycles. The molecule has 0 amide bonds. The van der Waals surface area contributed by atoms with E-state index in [1.165, 1.54) is 17.9 Å². The molecule has 0 aromatic carbocycles. The van der Waals surface area contributed by atoms with Gasteiger partial charge in [-0.3, -0.25) is 0 Å². The Bertz CT molecular complexity index is 292. The maximum Gasteiger partial charge on any atom is 0.357 e. The molecule has 0 aliphatic carbocycles. The average molecular weight is 435 g/mol. The summed E-state index contributed by atoms with van der Waals surface area (Å²) >= 11 is 4.33. The maximum atomic E-state index is 5.54. The highest BCUT2D eigenvalue weighted by molar-refractivity contribution is 8.58. The van der Waals surface area contributed by atoms with Gasteiger partial charge in [0.1, 0.15) is 0 Å². The summed E-state index contributed by atoms with van der Waals surface area (Å²) in [6.45, 7) is 7.03. The Balaban J connectivity index is 3.93. The van der Waals surface area contributed by atoms with Gasteiger partial charge in [-0.15, -0.1) is 0 Å². The first-order valence-corrected chi connectivity index (χ1v) is 20.7. The molecule has 0 N–H and O–H groups in total. The highest BCUT2D eigenvalue weighted by Gasteiger charge is 2.30. The lowest BCUT2D eigenvalue weighted by Crippen LogP contribution is -2.36. The fraction of sp³-hybridized carbons (Fsp3) is 1.00. The number of hydrogen-bond acceptors (Lipinski definition) is 6. The van der Waals surface area contributed by atoms with Gasteiger partial charge in [-0.1, -0.05) is 21.9 Å². The van der Waals surface area contributed by atoms with Crippen molar-refractivity contribution in [1.82, 2.24) is 0 Å². The van der Waals surface area contributed by atoms with Gasteiger partial charge in [0.2, 0.25) is 0 Å². The number of hydrogen-bond donors (Lipinski definition) is 0. The van der Waals surface area contributed by atoms with Crippen LogP contribution in [0.15, 0.2) is 0 Å². The first-order valence-electron chi connectivity index (χ1n) is 7.93. The standard InChI is InChI=1S/C13H35O4PS2Si3/c1-14-22(7,15-2)12-8-10-19-21(5,6)20-11-9-13-23(18,16-3)17-4/h8-13,18H2,1-7H3. The molecule has 4 nitrogen and oxygen atoms in total. The molecule has 0 fully saturated rings. The lowest BCUT2D eigenvalue weighted by Gasteiger charge is -2.25. The van der Waals surface area contributed by atoms with Gasteiger partial charge < -0.3 is 17.7 Å². The zero-order valence-electron chi connectivity index (χ0n) is 15.8. The first-order chi connectivity index (χ1) is 10.7. The molecule has 0 bridgehead atoms. The molecule has 0 radical (unpaired) electrons. The van der Waals surface area contributed by atoms with E-state index in [9.17, 15) is 0 Å². The van der Waals surface area contributed by atoms with E-state index in [0.717, 1.165) is 18.5 Å². The zero-order valence-corrected chi connectivity index (χ0v) is 21.6. The predicted molar refractivity (Wildman–Crippen MR) is 116 cm³/mol. The van der Waals surface area contributed by atoms with Crippen molar-refractivity contribution >= 4 is 54.4 Å². The van der Waals surface area contributed by atoms with Crippen molar-refractivity contribution in [2.45, 2.75) is 44.6 Å². The van der Waals surface area contributed by atoms with Crippen LogP contribution in [0.5, 0.6) is 0 Å². The van der Waals surface area contributed by atoms with Crippen LogP contribution >= 0.6 is 31.2 Å². The molecule has 0 heterocycles. The van der Waals surface area contributed by atoms with Crippen molar-refractivity contribution in [1.29, 1.82) is 0 Å². The monoisotopic (exact) mass is 434 g/mol. The molecule has 10 heteroatoms. The highest BCUT2D eigenvalue weighted by Crippen LogP contribution is 2.34. The van der Waals surface area contributed by atoms with E-state index in [1.54, 1.807) is 28.4 Å². The predicted octanol–water partition coefficient (Wildman–Crippen LogP) is 4.41. The molecular weight excluding hydrogens is 400 g/mol. The van der Waals surface area contributed by atoms with Crippen LogP contribution in [0.2, 0.25) is 31.7 Å². The van der Waals surface area contributed by atoms with Gasteiger partial charge >= 0.3 is 16.8 Å². The summed E-state index contributed by atoms with van der Waals surface area (Å²) in [5, 5.41) is 0. The Labute approximate surface area is 156 Å². The van der Waals surface area contributed by atoms with E-state index in [2.05, 4.69) is 50.9 Å². The molecule has 0 aliphatic heterocycles. The maximum absolute atomic E-state index is 5.54. The molecule has 1 atom stereocenters. The third-order valence-electron chi connectivity index (χ3n) is 3.90. The smallest absolute Gasteiger partial charge is 0.357 e. The fourth-order valence-electron chi connectivity index (χ4n) is 1.96. The summed E-state index contributed by atoms with van der Waals surface area (Å²) in [6.07, 6.45) is 1.10. The van der Waals surface area contributed by atoms with E-state index in [4.69, 9.17) is 17.7 Å². The van der Waals surface area contributed by atoms with Gasteiger partial charge in [0, 0.05) is 28.4 Å². The molecule has 23 heavy (non-hydrogen) atoms. The summed E-state index contributed by atoms with van der Waals surface area (Å²) < 4.78 is 22.1. The van der Waals surface area contributed by atoms with Crippen molar-refractivity contribution in [3.8, 4) is 0 Å². The Morgan fingerprint density at radius 3 is 1.57 bits per heavy atom. The Morgan fingerprint density at radius 2 is 1.17 bits per heavy atom. The molecule has 0 aromatic heterocycles. The molecule has 0 aromatic rings. The molecule has 140 valence electrons. The lowest BCUT2D eigenvalue weighted by molar-refractivity contribution is 0.249. The minimum Gasteiger partial charge on any atom is -0.398 e. The average Bonchev–Trinajstić information content (AvgIpc) is 2.55. The minimum absolute atomic E-state index is 1.04. The summed E-state index contributed by atoms with van der Waals surface area (Å²) in [4.78, 5) is 0. The van der Waals surface area contributed by atoms with Gasteiger partial charge in [-0.25, -0.2) is 0 Å². The van der Waals surface area contributed by atoms with Crippen molar-refractivity contribution in [2.75, 3.05) is 39.9 Å². The SMILES string of the molecule is CO[Si](C)(CCCS[Si](C)(C)SCCC[Si](P)(OC)OC)OC. The van der Waals surface area contributed by atoms with E-state index >= 15 is 0 Å². The lowest BCUT2D eigenvalue weighted by atomic mass is 10.6. The largest absolute Gasteiger partial charge is 0.398 e. The van der Waals surface area contributed by atoms with Crippen LogP contribution in [0, 0.1) is 0 Å². The van der Waals surface area contributed by atoms with Crippen molar-refractivity contribution in [2.24, 2.45) is 0 Å². The van der Waals surface area contributed by atoms with Crippen LogP contribution in [0.1, 0.15) is 12.8 Å². The zero-order chi connectivity index (χ0) is 18.0. The van der Waals surface area contributed by atoms with Crippen LogP contribution in [-0.4, -0.2) is 63.1 Å². The Morgan fingerprint density at radius 1 is 0.739 bits per heavy atom. The van der Waals surface area contributed by atoms with Crippen LogP contribution in [0.3, 0.4) is 0 Å². The highest BCUT2D eigenvalue weighted by atomic mass is 32.6. The topological polar surface area (TPSA) is 36.9 Å². The molecule has 0 saturated heterocycles. The second-order valence-corrected chi connectivity index (χ2v) is 28.1. The van der Waals surface area contributed by atoms with Crippen molar-refractivity contribution in [3.05, 3.63) is 0 Å². The summed E-state index contributed by atoms with van der Waals surface area (Å²) in [6, 6.07) is 2.11. The third-order valence-corrected chi connectivity index (χ3v) is 21.5. The van der Waals surface area contributed by atoms with E-state index in [0.29, 0.717) is 0 Å². The van der Waals surface area contributed by atoms with Crippen molar-refractivity contribution < 1.29 is 17.7 Å². The van der Waals surface area contributed by atoms with Gasteiger partial charge in [0.05, 0.1) is 0 Å². The molecule has 0 aliphatic rings. The third kappa shape index (κ3) is 11.0. The second-order valence-electron chi connectivity index (χ2n) is 6.07. The summed E-state index contributed by atoms with van der Waals surface area (Å²) in [7, 11) is 5.99. The van der Waals surface area contributed by atoms with Crippen LogP contribution in [0.25, 0.3) is 0 Å². The van der Waals surface area contributed by atoms with Crippen molar-refractivity contribution in [3.63, 3.8) is 0 Å². The minimum atomic E-state index is -1.97. The molecular formula is C13H35O4PS2Si3. The van der Waals surface area contributed by atoms with E-state index in [1.807, 2.05) is 0 Å². The van der Waals surface area contributed by atoms with Crippen LogP contribution < -0.4 is 0 Å².